The van der Waals surface area contributed by atoms with Crippen molar-refractivity contribution in [3.8, 4) is 0 Å². The molecule has 0 aromatic rings. The van der Waals surface area contributed by atoms with Crippen LogP contribution >= 0.6 is 33.2 Å². The van der Waals surface area contributed by atoms with E-state index in [4.69, 9.17) is 17.3 Å². The van der Waals surface area contributed by atoms with Crippen molar-refractivity contribution >= 4 is 43.7 Å². The molecule has 0 aromatic heterocycles. The molecule has 0 spiro atoms. The number of carbonyl (C=O) groups is 2. The van der Waals surface area contributed by atoms with Crippen molar-refractivity contribution < 1.29 is 14.3 Å². The first-order valence-corrected chi connectivity index (χ1v) is 5.60. The van der Waals surface area contributed by atoms with E-state index in [1.807, 2.05) is 0 Å². The maximum atomic E-state index is 10.5. The molecule has 12 heavy (non-hydrogen) atoms. The monoisotopic (exact) mass is 229 g/mol. The lowest BCUT2D eigenvalue weighted by molar-refractivity contribution is -0.112. The number of nitrogens with two attached hydrogens (primary N) is 1. The lowest BCUT2D eigenvalue weighted by atomic mass is 10.4. The zero-order valence-electron chi connectivity index (χ0n) is 6.28. The van der Waals surface area contributed by atoms with Crippen LogP contribution in [0.25, 0.3) is 0 Å². The van der Waals surface area contributed by atoms with Crippen LogP contribution in [-0.4, -0.2) is 29.4 Å². The van der Waals surface area contributed by atoms with Crippen molar-refractivity contribution in [2.75, 3.05) is 12.9 Å². The SMILES string of the molecule is COC(=O)SSC[C@H](N)C(=O)Cl. The van der Waals surface area contributed by atoms with Gasteiger partial charge in [-0.2, -0.15) is 0 Å². The van der Waals surface area contributed by atoms with E-state index in [0.717, 1.165) is 21.6 Å². The maximum Gasteiger partial charge on any atom is 0.377 e. The summed E-state index contributed by atoms with van der Waals surface area (Å²) in [6.45, 7) is 0. The zero-order chi connectivity index (χ0) is 9.56. The standard InChI is InChI=1S/C5H8ClNO3S2/c1-10-5(9)12-11-2-3(7)4(6)8/h3H,2,7H2,1H3/t3-/m0/s1. The van der Waals surface area contributed by atoms with E-state index in [9.17, 15) is 9.59 Å². The number of hydrogen-bond acceptors (Lipinski definition) is 6. The van der Waals surface area contributed by atoms with Gasteiger partial charge in [0.05, 0.1) is 13.2 Å². The van der Waals surface area contributed by atoms with Gasteiger partial charge in [0.25, 0.3) is 0 Å². The molecule has 0 heterocycles. The Morgan fingerprint density at radius 1 is 1.67 bits per heavy atom. The van der Waals surface area contributed by atoms with E-state index in [2.05, 4.69) is 4.74 Å². The van der Waals surface area contributed by atoms with Crippen molar-refractivity contribution in [1.29, 1.82) is 0 Å². The molecular weight excluding hydrogens is 222 g/mol. The lowest BCUT2D eigenvalue weighted by Crippen LogP contribution is -2.29. The smallest absolute Gasteiger partial charge is 0.377 e. The Balaban J connectivity index is 3.43. The molecule has 0 rings (SSSR count). The average Bonchev–Trinajstić information content (AvgIpc) is 2.03. The molecule has 0 aliphatic carbocycles. The molecule has 4 nitrogen and oxygen atoms in total. The number of halogens is 1. The number of ether oxygens (including phenoxy) is 1. The summed E-state index contributed by atoms with van der Waals surface area (Å²) in [6.07, 6.45) is 0. The highest BCUT2D eigenvalue weighted by molar-refractivity contribution is 8.82. The minimum absolute atomic E-state index is 0.294. The normalized spacial score (nSPS) is 12.2. The van der Waals surface area contributed by atoms with Gasteiger partial charge in [0, 0.05) is 16.5 Å². The molecule has 0 aliphatic rings. The fraction of sp³-hybridized carbons (Fsp3) is 0.600. The third kappa shape index (κ3) is 5.70. The van der Waals surface area contributed by atoms with Gasteiger partial charge >= 0.3 is 5.30 Å². The topological polar surface area (TPSA) is 69.4 Å². The highest BCUT2D eigenvalue weighted by atomic mass is 35.5. The number of carbonyl (C=O) groups excluding carboxylic acids is 2. The average molecular weight is 230 g/mol. The fourth-order valence-corrected chi connectivity index (χ4v) is 2.09. The first-order valence-electron chi connectivity index (χ1n) is 2.90. The third-order valence-corrected chi connectivity index (χ3v) is 3.20. The lowest BCUT2D eigenvalue weighted by Gasteiger charge is -2.03. The molecule has 1 atom stereocenters. The van der Waals surface area contributed by atoms with Crippen LogP contribution in [0.1, 0.15) is 0 Å². The van der Waals surface area contributed by atoms with E-state index in [0.29, 0.717) is 5.75 Å². The van der Waals surface area contributed by atoms with E-state index in [-0.39, 0.29) is 0 Å². The van der Waals surface area contributed by atoms with Crippen LogP contribution in [0.15, 0.2) is 0 Å². The van der Waals surface area contributed by atoms with Crippen LogP contribution in [0, 0.1) is 0 Å². The van der Waals surface area contributed by atoms with Crippen LogP contribution in [0.2, 0.25) is 0 Å². The molecule has 0 amide bonds. The summed E-state index contributed by atoms with van der Waals surface area (Å²) in [4.78, 5) is 20.9. The number of rotatable bonds is 4. The van der Waals surface area contributed by atoms with E-state index >= 15 is 0 Å². The highest BCUT2D eigenvalue weighted by Gasteiger charge is 2.11. The fourth-order valence-electron chi connectivity index (χ4n) is 0.255. The van der Waals surface area contributed by atoms with Gasteiger partial charge in [0.2, 0.25) is 5.24 Å². The van der Waals surface area contributed by atoms with Gasteiger partial charge in [-0.1, -0.05) is 10.8 Å². The molecule has 0 saturated heterocycles. The number of hydrogen-bond donors (Lipinski definition) is 1. The first-order chi connectivity index (χ1) is 5.57. The van der Waals surface area contributed by atoms with Gasteiger partial charge in [0.15, 0.2) is 0 Å². The molecule has 0 aromatic carbocycles. The van der Waals surface area contributed by atoms with Crippen molar-refractivity contribution in [3.63, 3.8) is 0 Å². The summed E-state index contributed by atoms with van der Waals surface area (Å²) >= 11 is 5.07. The predicted octanol–water partition coefficient (Wildman–Crippen LogP) is 1.23. The molecule has 70 valence electrons. The molecular formula is C5H8ClNO3S2. The van der Waals surface area contributed by atoms with Crippen molar-refractivity contribution in [2.45, 2.75) is 6.04 Å². The van der Waals surface area contributed by atoms with Crippen molar-refractivity contribution in [2.24, 2.45) is 5.73 Å². The summed E-state index contributed by atoms with van der Waals surface area (Å²) in [7, 11) is 3.30. The van der Waals surface area contributed by atoms with Crippen LogP contribution in [0.5, 0.6) is 0 Å². The summed E-state index contributed by atoms with van der Waals surface area (Å²) in [5, 5.41) is -1.03. The predicted molar refractivity (Wildman–Crippen MR) is 51.3 cm³/mol. The Hall–Kier alpha value is 0.0900. The minimum atomic E-state index is -0.728. The molecule has 0 aliphatic heterocycles. The van der Waals surface area contributed by atoms with Crippen LogP contribution in [-0.2, 0) is 9.53 Å². The molecule has 0 saturated carbocycles. The molecule has 7 heteroatoms. The first kappa shape index (κ1) is 12.1. The molecule has 2 N–H and O–H groups in total. The van der Waals surface area contributed by atoms with Gasteiger partial charge < -0.3 is 10.5 Å². The summed E-state index contributed by atoms with van der Waals surface area (Å²) in [5.41, 5.74) is 5.28. The van der Waals surface area contributed by atoms with Gasteiger partial charge in [-0.15, -0.1) is 0 Å². The summed E-state index contributed by atoms with van der Waals surface area (Å²) in [6, 6.07) is -0.728. The highest BCUT2D eigenvalue weighted by Crippen LogP contribution is 2.23. The van der Waals surface area contributed by atoms with Crippen LogP contribution in [0.3, 0.4) is 0 Å². The van der Waals surface area contributed by atoms with E-state index < -0.39 is 16.6 Å². The Morgan fingerprint density at radius 3 is 2.67 bits per heavy atom. The van der Waals surface area contributed by atoms with E-state index in [1.165, 1.54) is 7.11 Å². The van der Waals surface area contributed by atoms with E-state index in [1.54, 1.807) is 0 Å². The van der Waals surface area contributed by atoms with Gasteiger partial charge in [-0.25, -0.2) is 4.79 Å². The summed E-state index contributed by atoms with van der Waals surface area (Å²) < 4.78 is 4.34. The molecule has 0 radical (unpaired) electrons. The Morgan fingerprint density at radius 2 is 2.25 bits per heavy atom. The van der Waals surface area contributed by atoms with Crippen LogP contribution < -0.4 is 5.73 Å². The zero-order valence-corrected chi connectivity index (χ0v) is 8.67. The Bertz CT molecular complexity index is 178. The van der Waals surface area contributed by atoms with Gasteiger partial charge in [-0.05, 0) is 11.6 Å². The Kier molecular flexibility index (Phi) is 6.64. The summed E-state index contributed by atoms with van der Waals surface area (Å²) in [5.74, 6) is 0.294. The molecule has 0 fully saturated rings. The minimum Gasteiger partial charge on any atom is -0.460 e. The Labute approximate surface area is 82.9 Å². The number of methoxy groups -OCH3 is 1. The second-order valence-electron chi connectivity index (χ2n) is 1.73. The van der Waals surface area contributed by atoms with Gasteiger partial charge in [0.1, 0.15) is 0 Å². The van der Waals surface area contributed by atoms with Gasteiger partial charge in [-0.3, -0.25) is 4.79 Å². The molecule has 0 bridgehead atoms. The largest absolute Gasteiger partial charge is 0.460 e. The second-order valence-corrected chi connectivity index (χ2v) is 4.38. The van der Waals surface area contributed by atoms with Crippen molar-refractivity contribution in [1.82, 2.24) is 0 Å². The second kappa shape index (κ2) is 6.59. The van der Waals surface area contributed by atoms with Crippen molar-refractivity contribution in [3.05, 3.63) is 0 Å². The molecule has 0 unspecified atom stereocenters. The quantitative estimate of drug-likeness (QED) is 0.444. The third-order valence-electron chi connectivity index (χ3n) is 0.833. The maximum absolute atomic E-state index is 10.5. The van der Waals surface area contributed by atoms with Crippen LogP contribution in [0.4, 0.5) is 4.79 Å².